The highest BCUT2D eigenvalue weighted by atomic mass is 16.5. The van der Waals surface area contributed by atoms with Gasteiger partial charge in [0.25, 0.3) is 5.91 Å². The van der Waals surface area contributed by atoms with Crippen molar-refractivity contribution < 1.29 is 14.3 Å². The highest BCUT2D eigenvalue weighted by Gasteiger charge is 2.49. The molecule has 2 aliphatic heterocycles. The first-order chi connectivity index (χ1) is 12.0. The minimum absolute atomic E-state index is 0.0545. The molecule has 1 aromatic rings. The first kappa shape index (κ1) is 17.9. The zero-order chi connectivity index (χ0) is 18.0. The molecule has 3 heterocycles. The SMILES string of the molecule is CCn1nccc1C(=O)N1CCC2(CC1)CN(C(C)=O)CC2COC. The summed E-state index contributed by atoms with van der Waals surface area (Å²) in [5.74, 6) is 0.530. The Balaban J connectivity index is 1.69. The van der Waals surface area contributed by atoms with Gasteiger partial charge in [-0.05, 0) is 31.2 Å². The van der Waals surface area contributed by atoms with Gasteiger partial charge < -0.3 is 14.5 Å². The molecule has 2 saturated heterocycles. The van der Waals surface area contributed by atoms with Crippen molar-refractivity contribution >= 4 is 11.8 Å². The van der Waals surface area contributed by atoms with E-state index in [1.54, 1.807) is 31.0 Å². The molecule has 2 fully saturated rings. The molecule has 0 aliphatic carbocycles. The number of piperidine rings is 1. The summed E-state index contributed by atoms with van der Waals surface area (Å²) in [4.78, 5) is 28.5. The maximum Gasteiger partial charge on any atom is 0.272 e. The van der Waals surface area contributed by atoms with Crippen molar-refractivity contribution in [2.45, 2.75) is 33.2 Å². The maximum atomic E-state index is 12.8. The van der Waals surface area contributed by atoms with Crippen LogP contribution in [0.5, 0.6) is 0 Å². The van der Waals surface area contributed by atoms with Gasteiger partial charge in [-0.25, -0.2) is 0 Å². The number of methoxy groups -OCH3 is 1. The van der Waals surface area contributed by atoms with Gasteiger partial charge in [-0.2, -0.15) is 5.10 Å². The molecule has 7 heteroatoms. The fourth-order valence-electron chi connectivity index (χ4n) is 4.35. The number of hydrogen-bond acceptors (Lipinski definition) is 4. The molecule has 0 aromatic carbocycles. The molecule has 2 aliphatic rings. The lowest BCUT2D eigenvalue weighted by molar-refractivity contribution is -0.128. The summed E-state index contributed by atoms with van der Waals surface area (Å²) < 4.78 is 7.16. The van der Waals surface area contributed by atoms with Crippen LogP contribution in [0.25, 0.3) is 0 Å². The number of nitrogens with zero attached hydrogens (tertiary/aromatic N) is 4. The molecule has 0 bridgehead atoms. The van der Waals surface area contributed by atoms with Crippen molar-refractivity contribution in [1.82, 2.24) is 19.6 Å². The Labute approximate surface area is 148 Å². The number of amides is 2. The quantitative estimate of drug-likeness (QED) is 0.821. The summed E-state index contributed by atoms with van der Waals surface area (Å²) in [7, 11) is 1.72. The van der Waals surface area contributed by atoms with E-state index in [1.165, 1.54) is 0 Å². The standard InChI is InChI=1S/C18H28N4O3/c1-4-22-16(5-8-19-22)17(24)20-9-6-18(7-10-20)13-21(14(2)23)11-15(18)12-25-3/h5,8,15H,4,6-7,9-13H2,1-3H3. The van der Waals surface area contributed by atoms with E-state index < -0.39 is 0 Å². The molecular weight excluding hydrogens is 320 g/mol. The lowest BCUT2D eigenvalue weighted by Crippen LogP contribution is -2.47. The van der Waals surface area contributed by atoms with E-state index in [9.17, 15) is 9.59 Å². The van der Waals surface area contributed by atoms with Gasteiger partial charge in [-0.3, -0.25) is 14.3 Å². The van der Waals surface area contributed by atoms with E-state index in [0.717, 1.165) is 39.0 Å². The van der Waals surface area contributed by atoms with Crippen molar-refractivity contribution in [3.8, 4) is 0 Å². The van der Waals surface area contributed by atoms with Crippen molar-refractivity contribution in [3.63, 3.8) is 0 Å². The van der Waals surface area contributed by atoms with Gasteiger partial charge in [0.05, 0.1) is 6.61 Å². The second-order valence-electron chi connectivity index (χ2n) is 7.24. The molecule has 0 saturated carbocycles. The Bertz CT molecular complexity index is 634. The second kappa shape index (κ2) is 7.15. The second-order valence-corrected chi connectivity index (χ2v) is 7.24. The molecule has 1 atom stereocenters. The Hall–Kier alpha value is -1.89. The van der Waals surface area contributed by atoms with Gasteiger partial charge in [0.2, 0.25) is 5.91 Å². The van der Waals surface area contributed by atoms with Gasteiger partial charge in [0, 0.05) is 58.9 Å². The molecule has 25 heavy (non-hydrogen) atoms. The van der Waals surface area contributed by atoms with Crippen LogP contribution in [-0.4, -0.2) is 71.3 Å². The molecule has 0 N–H and O–H groups in total. The van der Waals surface area contributed by atoms with Gasteiger partial charge >= 0.3 is 0 Å². The normalized spacial score (nSPS) is 22.6. The summed E-state index contributed by atoms with van der Waals surface area (Å²) in [6.07, 6.45) is 3.51. The monoisotopic (exact) mass is 348 g/mol. The van der Waals surface area contributed by atoms with Crippen molar-refractivity contribution in [3.05, 3.63) is 18.0 Å². The van der Waals surface area contributed by atoms with Gasteiger partial charge in [0.1, 0.15) is 5.69 Å². The third-order valence-electron chi connectivity index (χ3n) is 5.91. The third kappa shape index (κ3) is 3.29. The van der Waals surface area contributed by atoms with E-state index in [1.807, 2.05) is 16.7 Å². The summed E-state index contributed by atoms with van der Waals surface area (Å²) in [5.41, 5.74) is 0.729. The Morgan fingerprint density at radius 3 is 2.64 bits per heavy atom. The third-order valence-corrected chi connectivity index (χ3v) is 5.91. The van der Waals surface area contributed by atoms with Crippen LogP contribution in [0.3, 0.4) is 0 Å². The number of ether oxygens (including phenoxy) is 1. The van der Waals surface area contributed by atoms with Crippen LogP contribution in [-0.2, 0) is 16.1 Å². The van der Waals surface area contributed by atoms with Crippen molar-refractivity contribution in [1.29, 1.82) is 0 Å². The van der Waals surface area contributed by atoms with Crippen LogP contribution >= 0.6 is 0 Å². The van der Waals surface area contributed by atoms with E-state index in [-0.39, 0.29) is 17.2 Å². The van der Waals surface area contributed by atoms with Crippen LogP contribution in [0, 0.1) is 11.3 Å². The number of carbonyl (C=O) groups is 2. The van der Waals surface area contributed by atoms with E-state index in [0.29, 0.717) is 24.8 Å². The zero-order valence-corrected chi connectivity index (χ0v) is 15.4. The lowest BCUT2D eigenvalue weighted by Gasteiger charge is -2.42. The molecule has 1 spiro atoms. The Morgan fingerprint density at radius 1 is 1.32 bits per heavy atom. The largest absolute Gasteiger partial charge is 0.384 e. The highest BCUT2D eigenvalue weighted by molar-refractivity contribution is 5.92. The highest BCUT2D eigenvalue weighted by Crippen LogP contribution is 2.45. The van der Waals surface area contributed by atoms with Gasteiger partial charge in [-0.15, -0.1) is 0 Å². The topological polar surface area (TPSA) is 67.7 Å². The summed E-state index contributed by atoms with van der Waals surface area (Å²) >= 11 is 0. The average molecular weight is 348 g/mol. The summed E-state index contributed by atoms with van der Waals surface area (Å²) in [5, 5.41) is 4.20. The van der Waals surface area contributed by atoms with Gasteiger partial charge in [-0.1, -0.05) is 0 Å². The van der Waals surface area contributed by atoms with Crippen LogP contribution < -0.4 is 0 Å². The Morgan fingerprint density at radius 2 is 2.04 bits per heavy atom. The molecule has 138 valence electrons. The lowest BCUT2D eigenvalue weighted by atomic mass is 9.71. The molecule has 0 radical (unpaired) electrons. The van der Waals surface area contributed by atoms with Crippen LogP contribution in [0.15, 0.2) is 12.3 Å². The number of hydrogen-bond donors (Lipinski definition) is 0. The van der Waals surface area contributed by atoms with E-state index in [2.05, 4.69) is 5.10 Å². The smallest absolute Gasteiger partial charge is 0.272 e. The maximum absolute atomic E-state index is 12.8. The molecule has 2 amide bonds. The minimum atomic E-state index is 0.0545. The first-order valence-corrected chi connectivity index (χ1v) is 9.06. The molecule has 1 unspecified atom stereocenters. The molecular formula is C18H28N4O3. The zero-order valence-electron chi connectivity index (χ0n) is 15.4. The average Bonchev–Trinajstić information content (AvgIpc) is 3.21. The summed E-state index contributed by atoms with van der Waals surface area (Å²) in [6.45, 7) is 7.96. The fraction of sp³-hybridized carbons (Fsp3) is 0.722. The van der Waals surface area contributed by atoms with Crippen LogP contribution in [0.1, 0.15) is 37.2 Å². The van der Waals surface area contributed by atoms with Crippen LogP contribution in [0.4, 0.5) is 0 Å². The molecule has 7 nitrogen and oxygen atoms in total. The fourth-order valence-corrected chi connectivity index (χ4v) is 4.35. The Kier molecular flexibility index (Phi) is 5.13. The predicted molar refractivity (Wildman–Crippen MR) is 93.1 cm³/mol. The number of aromatic nitrogens is 2. The number of rotatable bonds is 4. The number of likely N-dealkylation sites (tertiary alicyclic amines) is 2. The molecule has 3 rings (SSSR count). The van der Waals surface area contributed by atoms with Crippen molar-refractivity contribution in [2.24, 2.45) is 11.3 Å². The van der Waals surface area contributed by atoms with E-state index in [4.69, 9.17) is 4.74 Å². The first-order valence-electron chi connectivity index (χ1n) is 9.06. The summed E-state index contributed by atoms with van der Waals surface area (Å²) in [6, 6.07) is 1.79. The predicted octanol–water partition coefficient (Wildman–Crippen LogP) is 1.25. The number of aryl methyl sites for hydroxylation is 1. The minimum Gasteiger partial charge on any atom is -0.384 e. The van der Waals surface area contributed by atoms with Crippen molar-refractivity contribution in [2.75, 3.05) is 39.9 Å². The van der Waals surface area contributed by atoms with Crippen LogP contribution in [0.2, 0.25) is 0 Å². The number of carbonyl (C=O) groups excluding carboxylic acids is 2. The molecule has 1 aromatic heterocycles. The van der Waals surface area contributed by atoms with E-state index >= 15 is 0 Å². The van der Waals surface area contributed by atoms with Gasteiger partial charge in [0.15, 0.2) is 0 Å².